The van der Waals surface area contributed by atoms with Gasteiger partial charge in [0.25, 0.3) is 0 Å². The van der Waals surface area contributed by atoms with Crippen LogP contribution in [0.1, 0.15) is 29.7 Å². The van der Waals surface area contributed by atoms with Crippen molar-refractivity contribution in [1.82, 2.24) is 15.2 Å². The van der Waals surface area contributed by atoms with Gasteiger partial charge in [0, 0.05) is 26.4 Å². The number of nitrogens with one attached hydrogen (secondary N) is 1. The topological polar surface area (TPSA) is 54.5 Å². The van der Waals surface area contributed by atoms with Gasteiger partial charge in [0.1, 0.15) is 0 Å². The van der Waals surface area contributed by atoms with Crippen molar-refractivity contribution >= 4 is 5.91 Å². The number of hydrogen-bond acceptors (Lipinski definition) is 4. The first-order valence-electron chi connectivity index (χ1n) is 8.75. The van der Waals surface area contributed by atoms with Gasteiger partial charge in [-0.15, -0.1) is 0 Å². The highest BCUT2D eigenvalue weighted by atomic mass is 16.5. The Morgan fingerprint density at radius 2 is 2.04 bits per heavy atom. The lowest BCUT2D eigenvalue weighted by Crippen LogP contribution is -2.42. The molecule has 5 nitrogen and oxygen atoms in total. The van der Waals surface area contributed by atoms with Gasteiger partial charge in [-0.1, -0.05) is 30.3 Å². The van der Waals surface area contributed by atoms with Crippen molar-refractivity contribution in [3.05, 3.63) is 65.5 Å². The van der Waals surface area contributed by atoms with E-state index < -0.39 is 0 Å². The lowest BCUT2D eigenvalue weighted by molar-refractivity contribution is -0.125. The Labute approximate surface area is 149 Å². The molecule has 132 valence electrons. The quantitative estimate of drug-likeness (QED) is 0.842. The van der Waals surface area contributed by atoms with Gasteiger partial charge in [-0.3, -0.25) is 14.7 Å². The van der Waals surface area contributed by atoms with Gasteiger partial charge < -0.3 is 10.1 Å². The van der Waals surface area contributed by atoms with Crippen molar-refractivity contribution in [1.29, 1.82) is 0 Å². The normalized spacial score (nSPS) is 17.6. The fraction of sp³-hybridized carbons (Fsp3) is 0.400. The van der Waals surface area contributed by atoms with Crippen LogP contribution in [0.3, 0.4) is 0 Å². The SMILES string of the molecule is COCc1ccccc1CNC(=O)C1CCCN1Cc1ccccn1. The first kappa shape index (κ1) is 17.6. The summed E-state index contributed by atoms with van der Waals surface area (Å²) in [6.07, 6.45) is 3.75. The third-order valence-electron chi connectivity index (χ3n) is 4.63. The van der Waals surface area contributed by atoms with Crippen LogP contribution in [0.5, 0.6) is 0 Å². The zero-order valence-electron chi connectivity index (χ0n) is 14.6. The number of benzene rings is 1. The van der Waals surface area contributed by atoms with Crippen LogP contribution in [0, 0.1) is 0 Å². The van der Waals surface area contributed by atoms with Crippen LogP contribution in [-0.4, -0.2) is 35.5 Å². The molecule has 3 rings (SSSR count). The number of ether oxygens (including phenoxy) is 1. The molecule has 2 aromatic rings. The Hall–Kier alpha value is -2.24. The molecule has 0 spiro atoms. The van der Waals surface area contributed by atoms with Gasteiger partial charge in [0.05, 0.1) is 18.3 Å². The van der Waals surface area contributed by atoms with Crippen LogP contribution in [0.2, 0.25) is 0 Å². The number of carbonyl (C=O) groups is 1. The molecule has 1 aromatic heterocycles. The van der Waals surface area contributed by atoms with Crippen LogP contribution >= 0.6 is 0 Å². The summed E-state index contributed by atoms with van der Waals surface area (Å²) in [7, 11) is 1.68. The molecule has 0 bridgehead atoms. The fourth-order valence-electron chi connectivity index (χ4n) is 3.34. The highest BCUT2D eigenvalue weighted by Gasteiger charge is 2.30. The van der Waals surface area contributed by atoms with Crippen LogP contribution in [-0.2, 0) is 29.2 Å². The summed E-state index contributed by atoms with van der Waals surface area (Å²) < 4.78 is 5.23. The average Bonchev–Trinajstić information content (AvgIpc) is 3.10. The molecule has 1 aliphatic rings. The van der Waals surface area contributed by atoms with Gasteiger partial charge in [0.15, 0.2) is 0 Å². The molecule has 1 aromatic carbocycles. The van der Waals surface area contributed by atoms with E-state index >= 15 is 0 Å². The molecular weight excluding hydrogens is 314 g/mol. The van der Waals surface area contributed by atoms with Crippen molar-refractivity contribution in [2.24, 2.45) is 0 Å². The average molecular weight is 339 g/mol. The zero-order valence-corrected chi connectivity index (χ0v) is 14.6. The van der Waals surface area contributed by atoms with Gasteiger partial charge in [-0.25, -0.2) is 0 Å². The van der Waals surface area contributed by atoms with E-state index in [1.165, 1.54) is 0 Å². The van der Waals surface area contributed by atoms with Crippen molar-refractivity contribution < 1.29 is 9.53 Å². The monoisotopic (exact) mass is 339 g/mol. The molecular formula is C20H25N3O2. The molecule has 0 radical (unpaired) electrons. The molecule has 1 unspecified atom stereocenters. The van der Waals surface area contributed by atoms with Crippen LogP contribution < -0.4 is 5.32 Å². The van der Waals surface area contributed by atoms with E-state index in [9.17, 15) is 4.79 Å². The van der Waals surface area contributed by atoms with Gasteiger partial charge in [-0.05, 0) is 42.6 Å². The summed E-state index contributed by atoms with van der Waals surface area (Å²) in [4.78, 5) is 19.3. The second kappa shape index (κ2) is 8.74. The highest BCUT2D eigenvalue weighted by Crippen LogP contribution is 2.20. The Kier molecular flexibility index (Phi) is 6.14. The van der Waals surface area contributed by atoms with E-state index in [0.717, 1.165) is 42.8 Å². The molecule has 2 heterocycles. The van der Waals surface area contributed by atoms with E-state index in [-0.39, 0.29) is 11.9 Å². The van der Waals surface area contributed by atoms with Crippen molar-refractivity contribution in [3.8, 4) is 0 Å². The summed E-state index contributed by atoms with van der Waals surface area (Å²) in [5.41, 5.74) is 3.22. The number of rotatable bonds is 7. The number of hydrogen-bond donors (Lipinski definition) is 1. The highest BCUT2D eigenvalue weighted by molar-refractivity contribution is 5.82. The second-order valence-electron chi connectivity index (χ2n) is 6.37. The zero-order chi connectivity index (χ0) is 17.5. The van der Waals surface area contributed by atoms with Crippen molar-refractivity contribution in [2.75, 3.05) is 13.7 Å². The Morgan fingerprint density at radius 1 is 1.24 bits per heavy atom. The Morgan fingerprint density at radius 3 is 2.80 bits per heavy atom. The van der Waals surface area contributed by atoms with E-state index in [1.54, 1.807) is 13.3 Å². The first-order valence-corrected chi connectivity index (χ1v) is 8.75. The minimum atomic E-state index is -0.0726. The number of pyridine rings is 1. The largest absolute Gasteiger partial charge is 0.380 e. The van der Waals surface area contributed by atoms with Gasteiger partial charge >= 0.3 is 0 Å². The Bertz CT molecular complexity index is 690. The number of aromatic nitrogens is 1. The molecule has 1 N–H and O–H groups in total. The number of carbonyl (C=O) groups excluding carboxylic acids is 1. The summed E-state index contributed by atoms with van der Waals surface area (Å²) >= 11 is 0. The summed E-state index contributed by atoms with van der Waals surface area (Å²) in [5.74, 6) is 0.0978. The fourth-order valence-corrected chi connectivity index (χ4v) is 3.34. The molecule has 1 saturated heterocycles. The summed E-state index contributed by atoms with van der Waals surface area (Å²) in [6.45, 7) is 2.75. The smallest absolute Gasteiger partial charge is 0.237 e. The maximum atomic E-state index is 12.7. The van der Waals surface area contributed by atoms with Crippen molar-refractivity contribution in [2.45, 2.75) is 38.6 Å². The third-order valence-corrected chi connectivity index (χ3v) is 4.63. The number of likely N-dealkylation sites (tertiary alicyclic amines) is 1. The molecule has 0 saturated carbocycles. The maximum Gasteiger partial charge on any atom is 0.237 e. The van der Waals surface area contributed by atoms with Crippen molar-refractivity contribution in [3.63, 3.8) is 0 Å². The van der Waals surface area contributed by atoms with E-state index in [2.05, 4.69) is 15.2 Å². The molecule has 1 fully saturated rings. The van der Waals surface area contributed by atoms with Crippen LogP contribution in [0.25, 0.3) is 0 Å². The first-order chi connectivity index (χ1) is 12.3. The summed E-state index contributed by atoms with van der Waals surface area (Å²) in [6, 6.07) is 13.9. The lowest BCUT2D eigenvalue weighted by Gasteiger charge is -2.23. The van der Waals surface area contributed by atoms with Gasteiger partial charge in [-0.2, -0.15) is 0 Å². The molecule has 1 atom stereocenters. The van der Waals surface area contributed by atoms with E-state index in [4.69, 9.17) is 4.74 Å². The number of nitrogens with zero attached hydrogens (tertiary/aromatic N) is 2. The minimum absolute atomic E-state index is 0.0726. The Balaban J connectivity index is 1.59. The summed E-state index contributed by atoms with van der Waals surface area (Å²) in [5, 5.41) is 3.10. The van der Waals surface area contributed by atoms with Gasteiger partial charge in [0.2, 0.25) is 5.91 Å². The van der Waals surface area contributed by atoms with E-state index in [0.29, 0.717) is 13.2 Å². The molecule has 25 heavy (non-hydrogen) atoms. The second-order valence-corrected chi connectivity index (χ2v) is 6.37. The predicted octanol–water partition coefficient (Wildman–Crippen LogP) is 2.51. The molecule has 1 amide bonds. The van der Waals surface area contributed by atoms with Crippen LogP contribution in [0.15, 0.2) is 48.7 Å². The minimum Gasteiger partial charge on any atom is -0.380 e. The molecule has 1 aliphatic heterocycles. The predicted molar refractivity (Wildman–Crippen MR) is 96.7 cm³/mol. The lowest BCUT2D eigenvalue weighted by atomic mass is 10.1. The number of methoxy groups -OCH3 is 1. The number of amides is 1. The van der Waals surface area contributed by atoms with Crippen LogP contribution in [0.4, 0.5) is 0 Å². The third kappa shape index (κ3) is 4.65. The molecule has 0 aliphatic carbocycles. The maximum absolute atomic E-state index is 12.7. The standard InChI is InChI=1S/C20H25N3O2/c1-25-15-17-8-3-2-7-16(17)13-22-20(24)19-10-6-12-23(19)14-18-9-4-5-11-21-18/h2-5,7-9,11,19H,6,10,12-15H2,1H3,(H,22,24). The molecule has 5 heteroatoms. The van der Waals surface area contributed by atoms with E-state index in [1.807, 2.05) is 42.5 Å².